The second-order valence-corrected chi connectivity index (χ2v) is 4.13. The summed E-state index contributed by atoms with van der Waals surface area (Å²) >= 11 is 0. The van der Waals surface area contributed by atoms with Gasteiger partial charge in [-0.25, -0.2) is 4.98 Å². The smallest absolute Gasteiger partial charge is 0.277 e. The quantitative estimate of drug-likeness (QED) is 0.579. The Labute approximate surface area is 98.4 Å². The van der Waals surface area contributed by atoms with Gasteiger partial charge in [0.05, 0.1) is 0 Å². The molecule has 1 fully saturated rings. The first-order chi connectivity index (χ1) is 8.11. The van der Waals surface area contributed by atoms with Crippen molar-refractivity contribution in [1.82, 2.24) is 9.88 Å². The van der Waals surface area contributed by atoms with Gasteiger partial charge in [-0.1, -0.05) is 19.4 Å². The Balaban J connectivity index is 2.18. The third-order valence-corrected chi connectivity index (χ3v) is 2.96. The van der Waals surface area contributed by atoms with Gasteiger partial charge in [-0.3, -0.25) is 14.5 Å². The molecule has 1 saturated heterocycles. The highest BCUT2D eigenvalue weighted by Gasteiger charge is 2.33. The zero-order valence-corrected chi connectivity index (χ0v) is 9.52. The van der Waals surface area contributed by atoms with E-state index in [1.165, 1.54) is 12.1 Å². The Morgan fingerprint density at radius 3 is 2.94 bits per heavy atom. The summed E-state index contributed by atoms with van der Waals surface area (Å²) in [5.41, 5.74) is -0.0184. The summed E-state index contributed by atoms with van der Waals surface area (Å²) < 4.78 is 12.9. The van der Waals surface area contributed by atoms with Crippen LogP contribution in [0.3, 0.4) is 0 Å². The van der Waals surface area contributed by atoms with Crippen molar-refractivity contribution in [2.45, 2.75) is 19.8 Å². The summed E-state index contributed by atoms with van der Waals surface area (Å²) in [6.07, 6.45) is 1.24. The average molecular weight is 236 g/mol. The van der Waals surface area contributed by atoms with Gasteiger partial charge < -0.3 is 0 Å². The summed E-state index contributed by atoms with van der Waals surface area (Å²) in [7, 11) is 0. The highest BCUT2D eigenvalue weighted by Crippen LogP contribution is 2.21. The van der Waals surface area contributed by atoms with E-state index >= 15 is 0 Å². The molecule has 1 aliphatic rings. The predicted octanol–water partition coefficient (Wildman–Crippen LogP) is 1.62. The molecule has 1 aromatic heterocycles. The second kappa shape index (κ2) is 4.61. The van der Waals surface area contributed by atoms with Crippen LogP contribution in [0.15, 0.2) is 18.2 Å². The van der Waals surface area contributed by atoms with E-state index in [2.05, 4.69) is 4.98 Å². The van der Waals surface area contributed by atoms with Gasteiger partial charge in [-0.2, -0.15) is 4.39 Å². The molecule has 4 nitrogen and oxygen atoms in total. The monoisotopic (exact) mass is 236 g/mol. The summed E-state index contributed by atoms with van der Waals surface area (Å²) in [5.74, 6) is -1.21. The van der Waals surface area contributed by atoms with Crippen molar-refractivity contribution in [2.75, 3.05) is 6.54 Å². The molecule has 2 heterocycles. The zero-order valence-electron chi connectivity index (χ0n) is 9.52. The van der Waals surface area contributed by atoms with Crippen LogP contribution < -0.4 is 0 Å². The van der Waals surface area contributed by atoms with E-state index < -0.39 is 11.9 Å². The first-order valence-corrected chi connectivity index (χ1v) is 5.59. The largest absolute Gasteiger partial charge is 0.279 e. The first-order valence-electron chi connectivity index (χ1n) is 5.59. The molecule has 2 rings (SSSR count). The summed E-state index contributed by atoms with van der Waals surface area (Å²) in [6.45, 7) is 2.39. The standard InChI is InChI=1S/C12H13FN2O2/c1-2-8-6-11(16)15(7-8)12(17)9-4-3-5-10(13)14-9/h3-5,8H,2,6-7H2,1H3. The fourth-order valence-corrected chi connectivity index (χ4v) is 1.92. The van der Waals surface area contributed by atoms with Gasteiger partial charge in [0, 0.05) is 13.0 Å². The maximum Gasteiger partial charge on any atom is 0.279 e. The number of halogens is 1. The van der Waals surface area contributed by atoms with Crippen LogP contribution in [0.1, 0.15) is 30.3 Å². The van der Waals surface area contributed by atoms with Crippen LogP contribution in [-0.2, 0) is 4.79 Å². The zero-order chi connectivity index (χ0) is 12.4. The number of nitrogens with zero attached hydrogens (tertiary/aromatic N) is 2. The van der Waals surface area contributed by atoms with Crippen LogP contribution in [0, 0.1) is 11.9 Å². The highest BCUT2D eigenvalue weighted by molar-refractivity contribution is 6.04. The van der Waals surface area contributed by atoms with Gasteiger partial charge in [0.1, 0.15) is 5.69 Å². The molecular weight excluding hydrogens is 223 g/mol. The number of aromatic nitrogens is 1. The summed E-state index contributed by atoms with van der Waals surface area (Å²) in [5, 5.41) is 0. The Bertz CT molecular complexity index is 462. The lowest BCUT2D eigenvalue weighted by Crippen LogP contribution is -2.33. The number of carbonyl (C=O) groups is 2. The summed E-state index contributed by atoms with van der Waals surface area (Å²) in [4.78, 5) is 28.2. The number of rotatable bonds is 2. The van der Waals surface area contributed by atoms with Crippen LogP contribution in [-0.4, -0.2) is 28.2 Å². The fraction of sp³-hybridized carbons (Fsp3) is 0.417. The van der Waals surface area contributed by atoms with Crippen LogP contribution in [0.2, 0.25) is 0 Å². The Morgan fingerprint density at radius 2 is 2.35 bits per heavy atom. The minimum atomic E-state index is -0.713. The predicted molar refractivity (Wildman–Crippen MR) is 58.6 cm³/mol. The molecule has 17 heavy (non-hydrogen) atoms. The molecule has 5 heteroatoms. The number of hydrogen-bond acceptors (Lipinski definition) is 3. The van der Waals surface area contributed by atoms with E-state index in [1.54, 1.807) is 0 Å². The van der Waals surface area contributed by atoms with Crippen molar-refractivity contribution in [2.24, 2.45) is 5.92 Å². The van der Waals surface area contributed by atoms with Gasteiger partial charge in [0.2, 0.25) is 11.9 Å². The van der Waals surface area contributed by atoms with Crippen LogP contribution in [0.5, 0.6) is 0 Å². The Kier molecular flexibility index (Phi) is 3.17. The molecule has 0 spiro atoms. The van der Waals surface area contributed by atoms with Crippen molar-refractivity contribution in [3.8, 4) is 0 Å². The SMILES string of the molecule is CCC1CC(=O)N(C(=O)c2cccc(F)n2)C1. The Morgan fingerprint density at radius 1 is 1.59 bits per heavy atom. The number of pyridine rings is 1. The second-order valence-electron chi connectivity index (χ2n) is 4.13. The molecule has 1 aliphatic heterocycles. The third-order valence-electron chi connectivity index (χ3n) is 2.96. The molecule has 0 aromatic carbocycles. The maximum absolute atomic E-state index is 12.9. The van der Waals surface area contributed by atoms with Crippen LogP contribution in [0.4, 0.5) is 4.39 Å². The van der Waals surface area contributed by atoms with Gasteiger partial charge in [-0.15, -0.1) is 0 Å². The lowest BCUT2D eigenvalue weighted by Gasteiger charge is -2.13. The van der Waals surface area contributed by atoms with Crippen LogP contribution >= 0.6 is 0 Å². The van der Waals surface area contributed by atoms with E-state index in [1.807, 2.05) is 6.92 Å². The maximum atomic E-state index is 12.9. The molecule has 1 atom stereocenters. The third kappa shape index (κ3) is 2.33. The number of likely N-dealkylation sites (tertiary alicyclic amines) is 1. The topological polar surface area (TPSA) is 50.3 Å². The van der Waals surface area contributed by atoms with Crippen molar-refractivity contribution >= 4 is 11.8 Å². The number of hydrogen-bond donors (Lipinski definition) is 0. The number of imide groups is 1. The summed E-state index contributed by atoms with van der Waals surface area (Å²) in [6, 6.07) is 3.99. The average Bonchev–Trinajstić information content (AvgIpc) is 2.69. The lowest BCUT2D eigenvalue weighted by atomic mass is 10.1. The minimum Gasteiger partial charge on any atom is -0.277 e. The molecule has 0 saturated carbocycles. The first kappa shape index (κ1) is 11.7. The van der Waals surface area contributed by atoms with E-state index in [9.17, 15) is 14.0 Å². The normalized spacial score (nSPS) is 19.8. The van der Waals surface area contributed by atoms with Gasteiger partial charge in [0.15, 0.2) is 0 Å². The number of carbonyl (C=O) groups excluding carboxylic acids is 2. The molecule has 0 radical (unpaired) electrons. The van der Waals surface area contributed by atoms with Crippen molar-refractivity contribution in [3.05, 3.63) is 29.8 Å². The van der Waals surface area contributed by atoms with E-state index in [-0.39, 0.29) is 17.5 Å². The van der Waals surface area contributed by atoms with E-state index in [0.29, 0.717) is 13.0 Å². The molecule has 0 aliphatic carbocycles. The van der Waals surface area contributed by atoms with Crippen molar-refractivity contribution in [1.29, 1.82) is 0 Å². The van der Waals surface area contributed by atoms with E-state index in [0.717, 1.165) is 17.4 Å². The molecule has 0 bridgehead atoms. The van der Waals surface area contributed by atoms with Gasteiger partial charge >= 0.3 is 0 Å². The molecular formula is C12H13FN2O2. The molecule has 90 valence electrons. The van der Waals surface area contributed by atoms with Crippen LogP contribution in [0.25, 0.3) is 0 Å². The molecule has 1 aromatic rings. The molecule has 0 N–H and O–H groups in total. The van der Waals surface area contributed by atoms with Gasteiger partial charge in [0.25, 0.3) is 5.91 Å². The van der Waals surface area contributed by atoms with E-state index in [4.69, 9.17) is 0 Å². The highest BCUT2D eigenvalue weighted by atomic mass is 19.1. The fourth-order valence-electron chi connectivity index (χ4n) is 1.92. The van der Waals surface area contributed by atoms with Crippen molar-refractivity contribution in [3.63, 3.8) is 0 Å². The number of amides is 2. The lowest BCUT2D eigenvalue weighted by molar-refractivity contribution is -0.125. The molecule has 2 amide bonds. The molecule has 1 unspecified atom stereocenters. The Hall–Kier alpha value is -1.78. The van der Waals surface area contributed by atoms with Gasteiger partial charge in [-0.05, 0) is 18.1 Å². The minimum absolute atomic E-state index is 0.0184. The van der Waals surface area contributed by atoms with Crippen molar-refractivity contribution < 1.29 is 14.0 Å².